The number of benzene rings is 2. The lowest BCUT2D eigenvalue weighted by atomic mass is 10.0. The van der Waals surface area contributed by atoms with E-state index in [0.717, 1.165) is 41.3 Å². The third-order valence-corrected chi connectivity index (χ3v) is 3.73. The molecule has 0 aromatic heterocycles. The molecule has 2 aromatic rings. The van der Waals surface area contributed by atoms with Crippen molar-refractivity contribution >= 4 is 17.1 Å². The van der Waals surface area contributed by atoms with Crippen LogP contribution in [0.25, 0.3) is 11.1 Å². The molecule has 5 heteroatoms. The lowest BCUT2D eigenvalue weighted by Gasteiger charge is -2.25. The summed E-state index contributed by atoms with van der Waals surface area (Å²) in [4.78, 5) is 2.22. The van der Waals surface area contributed by atoms with E-state index in [1.54, 1.807) is 14.2 Å². The van der Waals surface area contributed by atoms with Gasteiger partial charge in [0.1, 0.15) is 0 Å². The van der Waals surface area contributed by atoms with E-state index in [0.29, 0.717) is 13.2 Å². The number of methoxy groups -OCH3 is 2. The number of hydrogen-bond donors (Lipinski definition) is 2. The van der Waals surface area contributed by atoms with Crippen LogP contribution in [0.5, 0.6) is 0 Å². The second-order valence-corrected chi connectivity index (χ2v) is 5.37. The Hall–Kier alpha value is -2.24. The summed E-state index contributed by atoms with van der Waals surface area (Å²) in [6.07, 6.45) is 0. The van der Waals surface area contributed by atoms with E-state index < -0.39 is 0 Å². The van der Waals surface area contributed by atoms with Gasteiger partial charge in [-0.25, -0.2) is 0 Å². The van der Waals surface area contributed by atoms with Crippen LogP contribution < -0.4 is 16.4 Å². The van der Waals surface area contributed by atoms with Gasteiger partial charge in [0.25, 0.3) is 0 Å². The zero-order valence-corrected chi connectivity index (χ0v) is 13.8. The van der Waals surface area contributed by atoms with Crippen molar-refractivity contribution in [3.05, 3.63) is 42.5 Å². The number of anilines is 3. The molecule has 0 saturated carbocycles. The molecule has 0 spiro atoms. The van der Waals surface area contributed by atoms with Crippen LogP contribution in [-0.4, -0.2) is 40.5 Å². The molecule has 0 amide bonds. The second kappa shape index (κ2) is 8.41. The SMILES string of the molecule is COCCN(CCOC)c1ccc(N)c(-c2cccc(N)c2)c1. The van der Waals surface area contributed by atoms with Crippen molar-refractivity contribution in [2.45, 2.75) is 0 Å². The highest BCUT2D eigenvalue weighted by molar-refractivity contribution is 5.81. The number of nitrogen functional groups attached to an aromatic ring is 2. The van der Waals surface area contributed by atoms with Crippen molar-refractivity contribution in [1.29, 1.82) is 0 Å². The highest BCUT2D eigenvalue weighted by Crippen LogP contribution is 2.31. The quantitative estimate of drug-likeness (QED) is 0.733. The van der Waals surface area contributed by atoms with Crippen LogP contribution in [0.2, 0.25) is 0 Å². The zero-order chi connectivity index (χ0) is 16.7. The molecule has 23 heavy (non-hydrogen) atoms. The molecule has 0 saturated heterocycles. The van der Waals surface area contributed by atoms with Gasteiger partial charge in [-0.2, -0.15) is 0 Å². The Labute approximate surface area is 137 Å². The van der Waals surface area contributed by atoms with E-state index in [9.17, 15) is 0 Å². The predicted molar refractivity (Wildman–Crippen MR) is 96.7 cm³/mol. The minimum Gasteiger partial charge on any atom is -0.399 e. The average molecular weight is 315 g/mol. The molecule has 2 rings (SSSR count). The van der Waals surface area contributed by atoms with Crippen molar-refractivity contribution in [3.8, 4) is 11.1 Å². The van der Waals surface area contributed by atoms with Gasteiger partial charge < -0.3 is 25.8 Å². The number of rotatable bonds is 8. The lowest BCUT2D eigenvalue weighted by Crippen LogP contribution is -2.30. The summed E-state index contributed by atoms with van der Waals surface area (Å²) in [5.41, 5.74) is 16.6. The molecule has 0 bridgehead atoms. The molecule has 0 fully saturated rings. The minimum atomic E-state index is 0.654. The fourth-order valence-electron chi connectivity index (χ4n) is 2.47. The first-order valence-corrected chi connectivity index (χ1v) is 7.64. The van der Waals surface area contributed by atoms with E-state index in [-0.39, 0.29) is 0 Å². The van der Waals surface area contributed by atoms with Crippen LogP contribution >= 0.6 is 0 Å². The van der Waals surface area contributed by atoms with E-state index >= 15 is 0 Å². The van der Waals surface area contributed by atoms with E-state index in [4.69, 9.17) is 20.9 Å². The predicted octanol–water partition coefficient (Wildman–Crippen LogP) is 2.62. The fourth-order valence-corrected chi connectivity index (χ4v) is 2.47. The maximum absolute atomic E-state index is 6.16. The number of ether oxygens (including phenoxy) is 2. The van der Waals surface area contributed by atoms with Gasteiger partial charge in [0, 0.05) is 49.9 Å². The van der Waals surface area contributed by atoms with Crippen LogP contribution in [-0.2, 0) is 9.47 Å². The van der Waals surface area contributed by atoms with Gasteiger partial charge in [-0.3, -0.25) is 0 Å². The number of hydrogen-bond acceptors (Lipinski definition) is 5. The fraction of sp³-hybridized carbons (Fsp3) is 0.333. The Balaban J connectivity index is 2.33. The van der Waals surface area contributed by atoms with Crippen LogP contribution in [0.1, 0.15) is 0 Å². The molecule has 124 valence electrons. The molecule has 5 nitrogen and oxygen atoms in total. The molecule has 2 aromatic carbocycles. The van der Waals surface area contributed by atoms with Crippen molar-refractivity contribution < 1.29 is 9.47 Å². The second-order valence-electron chi connectivity index (χ2n) is 5.37. The van der Waals surface area contributed by atoms with Gasteiger partial charge in [-0.1, -0.05) is 12.1 Å². The molecule has 0 unspecified atom stereocenters. The summed E-state index contributed by atoms with van der Waals surface area (Å²) in [6.45, 7) is 2.89. The zero-order valence-electron chi connectivity index (χ0n) is 13.8. The maximum atomic E-state index is 6.16. The third-order valence-electron chi connectivity index (χ3n) is 3.73. The molecule has 0 aliphatic rings. The Morgan fingerprint density at radius 3 is 2.22 bits per heavy atom. The Bertz CT molecular complexity index is 623. The Morgan fingerprint density at radius 1 is 0.913 bits per heavy atom. The normalized spacial score (nSPS) is 10.7. The molecule has 0 heterocycles. The topological polar surface area (TPSA) is 73.7 Å². The van der Waals surface area contributed by atoms with E-state index in [2.05, 4.69) is 11.0 Å². The van der Waals surface area contributed by atoms with Crippen molar-refractivity contribution in [2.24, 2.45) is 0 Å². The first kappa shape index (κ1) is 17.1. The standard InChI is InChI=1S/C18H25N3O2/c1-22-10-8-21(9-11-23-2)16-6-7-18(20)17(13-16)14-4-3-5-15(19)12-14/h3-7,12-13H,8-11,19-20H2,1-2H3. The van der Waals surface area contributed by atoms with Crippen LogP contribution in [0.4, 0.5) is 17.1 Å². The Morgan fingerprint density at radius 2 is 1.61 bits per heavy atom. The molecular weight excluding hydrogens is 290 g/mol. The van der Waals surface area contributed by atoms with E-state index in [1.165, 1.54) is 0 Å². The van der Waals surface area contributed by atoms with Gasteiger partial charge in [0.15, 0.2) is 0 Å². The highest BCUT2D eigenvalue weighted by Gasteiger charge is 2.10. The minimum absolute atomic E-state index is 0.654. The van der Waals surface area contributed by atoms with Crippen LogP contribution in [0.15, 0.2) is 42.5 Å². The van der Waals surface area contributed by atoms with Crippen LogP contribution in [0, 0.1) is 0 Å². The smallest absolute Gasteiger partial charge is 0.0637 e. The van der Waals surface area contributed by atoms with Crippen molar-refractivity contribution in [1.82, 2.24) is 0 Å². The van der Waals surface area contributed by atoms with Gasteiger partial charge in [-0.15, -0.1) is 0 Å². The lowest BCUT2D eigenvalue weighted by molar-refractivity contribution is 0.190. The Kier molecular flexibility index (Phi) is 6.26. The van der Waals surface area contributed by atoms with Crippen molar-refractivity contribution in [3.63, 3.8) is 0 Å². The van der Waals surface area contributed by atoms with Gasteiger partial charge >= 0.3 is 0 Å². The molecular formula is C18H25N3O2. The van der Waals surface area contributed by atoms with Crippen LogP contribution in [0.3, 0.4) is 0 Å². The van der Waals surface area contributed by atoms with Gasteiger partial charge in [0.2, 0.25) is 0 Å². The summed E-state index contributed by atoms with van der Waals surface area (Å²) in [6, 6.07) is 13.8. The molecule has 4 N–H and O–H groups in total. The monoisotopic (exact) mass is 315 g/mol. The molecule has 0 aliphatic heterocycles. The molecule has 0 radical (unpaired) electrons. The van der Waals surface area contributed by atoms with Crippen molar-refractivity contribution in [2.75, 3.05) is 56.9 Å². The summed E-state index contributed by atoms with van der Waals surface area (Å²) in [5, 5.41) is 0. The third kappa shape index (κ3) is 4.61. The van der Waals surface area contributed by atoms with Gasteiger partial charge in [-0.05, 0) is 35.9 Å². The summed E-state index contributed by atoms with van der Waals surface area (Å²) >= 11 is 0. The summed E-state index contributed by atoms with van der Waals surface area (Å²) in [5.74, 6) is 0. The number of nitrogens with zero attached hydrogens (tertiary/aromatic N) is 1. The largest absolute Gasteiger partial charge is 0.399 e. The maximum Gasteiger partial charge on any atom is 0.0637 e. The molecule has 0 aliphatic carbocycles. The van der Waals surface area contributed by atoms with E-state index in [1.807, 2.05) is 36.4 Å². The average Bonchev–Trinajstić information content (AvgIpc) is 2.56. The first-order valence-electron chi connectivity index (χ1n) is 7.64. The molecule has 0 atom stereocenters. The first-order chi connectivity index (χ1) is 11.2. The summed E-state index contributed by atoms with van der Waals surface area (Å²) in [7, 11) is 3.41. The number of nitrogens with two attached hydrogens (primary N) is 2. The summed E-state index contributed by atoms with van der Waals surface area (Å²) < 4.78 is 10.4. The van der Waals surface area contributed by atoms with Gasteiger partial charge in [0.05, 0.1) is 13.2 Å². The highest BCUT2D eigenvalue weighted by atomic mass is 16.5.